The molecule has 0 N–H and O–H groups in total. The average Bonchev–Trinajstić information content (AvgIpc) is 2.15. The van der Waals surface area contributed by atoms with Crippen LogP contribution in [0.15, 0.2) is 16.6 Å². The number of ketones is 1. The number of halogens is 4. The summed E-state index contributed by atoms with van der Waals surface area (Å²) in [6, 6.07) is 2.05. The lowest BCUT2D eigenvalue weighted by Crippen LogP contribution is -2.10. The summed E-state index contributed by atoms with van der Waals surface area (Å²) in [6.45, 7) is 3.16. The molecule has 0 fully saturated rings. The minimum Gasteiger partial charge on any atom is -0.493 e. The van der Waals surface area contributed by atoms with Crippen molar-refractivity contribution in [2.24, 2.45) is 0 Å². The van der Waals surface area contributed by atoms with Crippen LogP contribution in [-0.4, -0.2) is 12.4 Å². The number of ether oxygens (including phenoxy) is 1. The van der Waals surface area contributed by atoms with E-state index in [1.807, 2.05) is 0 Å². The number of carbonyl (C=O) groups is 1. The monoisotopic (exact) mass is 310 g/mol. The van der Waals surface area contributed by atoms with Crippen LogP contribution in [0.5, 0.6) is 5.75 Å². The molecule has 0 aliphatic rings. The van der Waals surface area contributed by atoms with Crippen LogP contribution in [0.25, 0.3) is 0 Å². The molecule has 2 nitrogen and oxygen atoms in total. The molecule has 1 aromatic carbocycles. The molecular formula is C11H10BrF3O2. The smallest absolute Gasteiger partial charge is 0.417 e. The molecule has 0 radical (unpaired) electrons. The average molecular weight is 311 g/mol. The van der Waals surface area contributed by atoms with Crippen molar-refractivity contribution in [2.45, 2.75) is 20.0 Å². The summed E-state index contributed by atoms with van der Waals surface area (Å²) in [4.78, 5) is 11.4. The van der Waals surface area contributed by atoms with Gasteiger partial charge in [0.25, 0.3) is 0 Å². The van der Waals surface area contributed by atoms with E-state index in [9.17, 15) is 18.0 Å². The summed E-state index contributed by atoms with van der Waals surface area (Å²) in [5.41, 5.74) is -0.965. The van der Waals surface area contributed by atoms with Crippen molar-refractivity contribution in [3.8, 4) is 5.75 Å². The van der Waals surface area contributed by atoms with Crippen LogP contribution >= 0.6 is 15.9 Å². The number of alkyl halides is 3. The quantitative estimate of drug-likeness (QED) is 0.787. The lowest BCUT2D eigenvalue weighted by Gasteiger charge is -2.15. The van der Waals surface area contributed by atoms with Crippen molar-refractivity contribution in [1.29, 1.82) is 0 Å². The van der Waals surface area contributed by atoms with Crippen molar-refractivity contribution >= 4 is 21.7 Å². The Labute approximate surface area is 105 Å². The van der Waals surface area contributed by atoms with Crippen molar-refractivity contribution in [3.63, 3.8) is 0 Å². The van der Waals surface area contributed by atoms with Crippen molar-refractivity contribution in [1.82, 2.24) is 0 Å². The predicted octanol–water partition coefficient (Wildman–Crippen LogP) is 4.07. The Balaban J connectivity index is 3.44. The number of benzene rings is 1. The highest BCUT2D eigenvalue weighted by atomic mass is 79.9. The fourth-order valence-electron chi connectivity index (χ4n) is 1.38. The van der Waals surface area contributed by atoms with E-state index in [0.717, 1.165) is 12.1 Å². The summed E-state index contributed by atoms with van der Waals surface area (Å²) in [7, 11) is 0. The van der Waals surface area contributed by atoms with Crippen LogP contribution in [0.3, 0.4) is 0 Å². The Kier molecular flexibility index (Phi) is 4.19. The zero-order chi connectivity index (χ0) is 13.2. The van der Waals surface area contributed by atoms with E-state index in [2.05, 4.69) is 15.9 Å². The van der Waals surface area contributed by atoms with E-state index in [4.69, 9.17) is 4.74 Å². The van der Waals surface area contributed by atoms with Crippen LogP contribution in [0.4, 0.5) is 13.2 Å². The SMILES string of the molecule is CCOc1ccc(C(F)(F)F)c(Br)c1C(C)=O. The molecule has 0 spiro atoms. The van der Waals surface area contributed by atoms with E-state index >= 15 is 0 Å². The van der Waals surface area contributed by atoms with Crippen molar-refractivity contribution in [3.05, 3.63) is 27.7 Å². The van der Waals surface area contributed by atoms with Gasteiger partial charge in [-0.05, 0) is 41.9 Å². The van der Waals surface area contributed by atoms with Gasteiger partial charge >= 0.3 is 6.18 Å². The second-order valence-corrected chi connectivity index (χ2v) is 4.08. The summed E-state index contributed by atoms with van der Waals surface area (Å²) >= 11 is 2.82. The highest BCUT2D eigenvalue weighted by molar-refractivity contribution is 9.10. The summed E-state index contributed by atoms with van der Waals surface area (Å²) in [5.74, 6) is -0.327. The van der Waals surface area contributed by atoms with Gasteiger partial charge in [0, 0.05) is 4.47 Å². The van der Waals surface area contributed by atoms with Gasteiger partial charge in [-0.15, -0.1) is 0 Å². The van der Waals surface area contributed by atoms with E-state index in [-0.39, 0.29) is 22.4 Å². The summed E-state index contributed by atoms with van der Waals surface area (Å²) in [6.07, 6.45) is -4.51. The largest absolute Gasteiger partial charge is 0.493 e. The minimum atomic E-state index is -4.51. The normalized spacial score (nSPS) is 11.4. The minimum absolute atomic E-state index is 0.0818. The maximum absolute atomic E-state index is 12.6. The molecule has 0 aliphatic carbocycles. The predicted molar refractivity (Wildman–Crippen MR) is 60.3 cm³/mol. The van der Waals surface area contributed by atoms with Crippen molar-refractivity contribution < 1.29 is 22.7 Å². The van der Waals surface area contributed by atoms with Gasteiger partial charge in [0.15, 0.2) is 5.78 Å². The molecule has 0 amide bonds. The highest BCUT2D eigenvalue weighted by Gasteiger charge is 2.35. The van der Waals surface area contributed by atoms with E-state index < -0.39 is 17.5 Å². The molecular weight excluding hydrogens is 301 g/mol. The van der Waals surface area contributed by atoms with Crippen LogP contribution in [-0.2, 0) is 6.18 Å². The van der Waals surface area contributed by atoms with Gasteiger partial charge in [0.2, 0.25) is 0 Å². The molecule has 0 bridgehead atoms. The standard InChI is InChI=1S/C11H10BrF3O2/c1-3-17-8-5-4-7(11(13,14)15)10(12)9(8)6(2)16/h4-5H,3H2,1-2H3. The number of Topliss-reactive ketones (excluding diaryl/α,β-unsaturated/α-hetero) is 1. The zero-order valence-corrected chi connectivity index (χ0v) is 10.8. The van der Waals surface area contributed by atoms with E-state index in [0.29, 0.717) is 0 Å². The zero-order valence-electron chi connectivity index (χ0n) is 9.19. The van der Waals surface area contributed by atoms with Gasteiger partial charge < -0.3 is 4.74 Å². The lowest BCUT2D eigenvalue weighted by molar-refractivity contribution is -0.138. The summed E-state index contributed by atoms with van der Waals surface area (Å²) < 4.78 is 42.7. The van der Waals surface area contributed by atoms with Gasteiger partial charge in [0.05, 0.1) is 17.7 Å². The second kappa shape index (κ2) is 5.08. The Hall–Kier alpha value is -1.04. The molecule has 0 atom stereocenters. The molecule has 94 valence electrons. The fraction of sp³-hybridized carbons (Fsp3) is 0.364. The first-order valence-corrected chi connectivity index (χ1v) is 5.61. The number of hydrogen-bond donors (Lipinski definition) is 0. The maximum atomic E-state index is 12.6. The van der Waals surface area contributed by atoms with Gasteiger partial charge in [-0.25, -0.2) is 0 Å². The Bertz CT molecular complexity index is 441. The Morgan fingerprint density at radius 2 is 2.00 bits per heavy atom. The molecule has 0 unspecified atom stereocenters. The summed E-state index contributed by atoms with van der Waals surface area (Å²) in [5, 5.41) is 0. The number of hydrogen-bond acceptors (Lipinski definition) is 2. The first-order valence-electron chi connectivity index (χ1n) is 4.82. The highest BCUT2D eigenvalue weighted by Crippen LogP contribution is 2.39. The molecule has 6 heteroatoms. The second-order valence-electron chi connectivity index (χ2n) is 3.29. The first kappa shape index (κ1) is 14.0. The maximum Gasteiger partial charge on any atom is 0.417 e. The molecule has 0 aromatic heterocycles. The number of rotatable bonds is 3. The molecule has 0 saturated carbocycles. The number of carbonyl (C=O) groups excluding carboxylic acids is 1. The third-order valence-electron chi connectivity index (χ3n) is 2.06. The van der Waals surface area contributed by atoms with Gasteiger partial charge in [-0.1, -0.05) is 0 Å². The van der Waals surface area contributed by atoms with Gasteiger partial charge in [-0.3, -0.25) is 4.79 Å². The van der Waals surface area contributed by atoms with Gasteiger partial charge in [0.1, 0.15) is 5.75 Å². The van der Waals surface area contributed by atoms with E-state index in [1.165, 1.54) is 6.92 Å². The Morgan fingerprint density at radius 1 is 1.41 bits per heavy atom. The molecule has 1 rings (SSSR count). The van der Waals surface area contributed by atoms with Crippen LogP contribution < -0.4 is 4.74 Å². The van der Waals surface area contributed by atoms with E-state index in [1.54, 1.807) is 6.92 Å². The topological polar surface area (TPSA) is 26.3 Å². The third kappa shape index (κ3) is 3.00. The van der Waals surface area contributed by atoms with Crippen LogP contribution in [0, 0.1) is 0 Å². The molecule has 0 saturated heterocycles. The molecule has 17 heavy (non-hydrogen) atoms. The van der Waals surface area contributed by atoms with Crippen molar-refractivity contribution in [2.75, 3.05) is 6.61 Å². The van der Waals surface area contributed by atoms with Crippen LogP contribution in [0.2, 0.25) is 0 Å². The molecule has 0 heterocycles. The first-order chi connectivity index (χ1) is 7.79. The van der Waals surface area contributed by atoms with Gasteiger partial charge in [-0.2, -0.15) is 13.2 Å². The molecule has 0 aliphatic heterocycles. The Morgan fingerprint density at radius 3 is 2.41 bits per heavy atom. The van der Waals surface area contributed by atoms with Crippen LogP contribution in [0.1, 0.15) is 29.8 Å². The lowest BCUT2D eigenvalue weighted by atomic mass is 10.1. The fourth-order valence-corrected chi connectivity index (χ4v) is 2.21. The molecule has 1 aromatic rings. The third-order valence-corrected chi connectivity index (χ3v) is 2.88.